The molecule has 3 aromatic rings. The van der Waals surface area contributed by atoms with Gasteiger partial charge in [-0.05, 0) is 87.8 Å². The monoisotopic (exact) mass is 586 g/mol. The Morgan fingerprint density at radius 2 is 1.19 bits per heavy atom. The number of hydrogen-bond acceptors (Lipinski definition) is 7. The molecule has 0 unspecified atom stereocenters. The first kappa shape index (κ1) is 26.6. The third-order valence-electron chi connectivity index (χ3n) is 9.04. The second kappa shape index (κ2) is 10.2. The fraction of sp³-hybridized carbons (Fsp3) is 0.353. The number of thiophene rings is 2. The van der Waals surface area contributed by atoms with Gasteiger partial charge in [0.15, 0.2) is 0 Å². The Balaban J connectivity index is 1.47. The lowest BCUT2D eigenvalue weighted by atomic mass is 9.71. The molecule has 4 heterocycles. The quantitative estimate of drug-likeness (QED) is 0.220. The lowest BCUT2D eigenvalue weighted by molar-refractivity contribution is 0.0205. The van der Waals surface area contributed by atoms with Crippen molar-refractivity contribution in [3.05, 3.63) is 67.8 Å². The van der Waals surface area contributed by atoms with Crippen molar-refractivity contribution in [3.63, 3.8) is 0 Å². The predicted molar refractivity (Wildman–Crippen MR) is 163 cm³/mol. The highest BCUT2D eigenvalue weighted by Crippen LogP contribution is 2.60. The zero-order valence-electron chi connectivity index (χ0n) is 23.0. The van der Waals surface area contributed by atoms with E-state index in [-0.39, 0.29) is 11.3 Å². The summed E-state index contributed by atoms with van der Waals surface area (Å²) in [5, 5.41) is 28.1. The highest BCUT2D eigenvalue weighted by atomic mass is 32.1. The lowest BCUT2D eigenvalue weighted by Gasteiger charge is -2.45. The van der Waals surface area contributed by atoms with Crippen LogP contribution in [0.1, 0.15) is 85.1 Å². The second-order valence-corrected chi connectivity index (χ2v) is 13.6. The summed E-state index contributed by atoms with van der Waals surface area (Å²) >= 11 is 3.13. The second-order valence-electron chi connectivity index (χ2n) is 11.5. The normalized spacial score (nSPS) is 18.8. The molecule has 1 aromatic carbocycles. The Morgan fingerprint density at radius 3 is 1.62 bits per heavy atom. The van der Waals surface area contributed by atoms with E-state index in [0.717, 1.165) is 82.4 Å². The fourth-order valence-electron chi connectivity index (χ4n) is 7.16. The molecular formula is C34H26N4O2S2. The van der Waals surface area contributed by atoms with Crippen LogP contribution in [-0.2, 0) is 11.2 Å². The van der Waals surface area contributed by atoms with Gasteiger partial charge in [-0.2, -0.15) is 10.5 Å². The first-order valence-electron chi connectivity index (χ1n) is 14.4. The molecule has 2 saturated carbocycles. The van der Waals surface area contributed by atoms with Gasteiger partial charge in [-0.1, -0.05) is 12.8 Å². The Hall–Kier alpha value is -4.34. The van der Waals surface area contributed by atoms with Crippen molar-refractivity contribution in [2.24, 2.45) is 0 Å². The zero-order valence-corrected chi connectivity index (χ0v) is 24.6. The number of nitrogens with zero attached hydrogens (tertiary/aromatic N) is 4. The summed E-state index contributed by atoms with van der Waals surface area (Å²) in [5.74, 6) is 1.67. The van der Waals surface area contributed by atoms with Gasteiger partial charge in [0.2, 0.25) is 0 Å². The van der Waals surface area contributed by atoms with Crippen LogP contribution in [0.2, 0.25) is 0 Å². The molecule has 8 heteroatoms. The number of hydrogen-bond donors (Lipinski definition) is 0. The van der Waals surface area contributed by atoms with Crippen LogP contribution < -0.4 is 9.47 Å². The Labute approximate surface area is 253 Å². The third-order valence-corrected chi connectivity index (χ3v) is 11.2. The van der Waals surface area contributed by atoms with E-state index in [1.54, 1.807) is 34.8 Å². The van der Waals surface area contributed by atoms with Gasteiger partial charge in [0.1, 0.15) is 40.4 Å². The Morgan fingerprint density at radius 1 is 0.714 bits per heavy atom. The molecule has 0 bridgehead atoms. The SMILES string of the molecule is [C-]#[N+]/C(C#N)=C/c1cc2c(s1)-c1cc3c(cc1C1(CCCCC1)O2)-c1sc(C=C(C#N)C#N)cc1OC31CCCCC1. The maximum Gasteiger partial charge on any atom is 0.263 e. The average Bonchev–Trinajstić information content (AvgIpc) is 3.62. The molecule has 4 aliphatic rings. The largest absolute Gasteiger partial charge is 0.481 e. The molecule has 0 N–H and O–H groups in total. The molecule has 0 amide bonds. The van der Waals surface area contributed by atoms with E-state index in [1.165, 1.54) is 35.1 Å². The highest BCUT2D eigenvalue weighted by Gasteiger charge is 2.47. The van der Waals surface area contributed by atoms with E-state index >= 15 is 0 Å². The van der Waals surface area contributed by atoms with Crippen LogP contribution in [0, 0.1) is 40.6 Å². The lowest BCUT2D eigenvalue weighted by Crippen LogP contribution is -2.40. The van der Waals surface area contributed by atoms with Crippen molar-refractivity contribution in [3.8, 4) is 50.6 Å². The van der Waals surface area contributed by atoms with Gasteiger partial charge in [0.25, 0.3) is 5.70 Å². The molecule has 2 aromatic heterocycles. The minimum Gasteiger partial charge on any atom is -0.481 e. The molecule has 0 saturated heterocycles. The van der Waals surface area contributed by atoms with Crippen molar-refractivity contribution >= 4 is 34.8 Å². The summed E-state index contributed by atoms with van der Waals surface area (Å²) in [6.07, 6.45) is 13.8. The number of rotatable bonds is 2. The van der Waals surface area contributed by atoms with Gasteiger partial charge in [0.05, 0.1) is 22.4 Å². The van der Waals surface area contributed by atoms with Crippen molar-refractivity contribution < 1.29 is 9.47 Å². The summed E-state index contributed by atoms with van der Waals surface area (Å²) in [4.78, 5) is 7.12. The first-order chi connectivity index (χ1) is 20.5. The number of nitriles is 3. The summed E-state index contributed by atoms with van der Waals surface area (Å²) in [5.41, 5.74) is 4.04. The van der Waals surface area contributed by atoms with Crippen LogP contribution in [0.25, 0.3) is 37.9 Å². The first-order valence-corrected chi connectivity index (χ1v) is 16.0. The van der Waals surface area contributed by atoms with Gasteiger partial charge in [-0.25, -0.2) is 10.1 Å². The van der Waals surface area contributed by atoms with Gasteiger partial charge in [-0.15, -0.1) is 22.7 Å². The molecule has 42 heavy (non-hydrogen) atoms. The minimum atomic E-state index is -0.429. The van der Waals surface area contributed by atoms with Crippen LogP contribution in [0.3, 0.4) is 0 Å². The number of fused-ring (bicyclic) bond motifs is 8. The van der Waals surface area contributed by atoms with E-state index in [0.29, 0.717) is 0 Å². The molecule has 2 aliphatic heterocycles. The molecule has 0 atom stereocenters. The smallest absolute Gasteiger partial charge is 0.263 e. The van der Waals surface area contributed by atoms with Crippen molar-refractivity contribution in [1.29, 1.82) is 15.8 Å². The minimum absolute atomic E-state index is 0.0623. The van der Waals surface area contributed by atoms with Gasteiger partial charge in [-0.3, -0.25) is 0 Å². The van der Waals surface area contributed by atoms with E-state index in [9.17, 15) is 15.8 Å². The zero-order chi connectivity index (χ0) is 28.9. The van der Waals surface area contributed by atoms with Crippen LogP contribution >= 0.6 is 22.7 Å². The molecular weight excluding hydrogens is 561 g/mol. The van der Waals surface area contributed by atoms with Gasteiger partial charge < -0.3 is 9.47 Å². The summed E-state index contributed by atoms with van der Waals surface area (Å²) in [6, 6.07) is 14.6. The Bertz CT molecular complexity index is 1680. The average molecular weight is 587 g/mol. The maximum atomic E-state index is 9.37. The van der Waals surface area contributed by atoms with Crippen molar-refractivity contribution in [1.82, 2.24) is 0 Å². The van der Waals surface area contributed by atoms with Gasteiger partial charge in [0, 0.05) is 32.0 Å². The molecule has 2 spiro atoms. The summed E-state index contributed by atoms with van der Waals surface area (Å²) < 4.78 is 13.9. The van der Waals surface area contributed by atoms with Crippen LogP contribution in [-0.4, -0.2) is 0 Å². The highest BCUT2D eigenvalue weighted by molar-refractivity contribution is 7.17. The van der Waals surface area contributed by atoms with E-state index < -0.39 is 11.2 Å². The van der Waals surface area contributed by atoms with Crippen LogP contribution in [0.5, 0.6) is 11.5 Å². The van der Waals surface area contributed by atoms with E-state index in [2.05, 4.69) is 17.0 Å². The van der Waals surface area contributed by atoms with E-state index in [4.69, 9.17) is 16.0 Å². The molecule has 2 fully saturated rings. The summed E-state index contributed by atoms with van der Waals surface area (Å²) in [7, 11) is 0. The van der Waals surface area contributed by atoms with Crippen molar-refractivity contribution in [2.45, 2.75) is 75.4 Å². The molecule has 7 rings (SSSR count). The standard InChI is InChI=1S/C34H26N4O2S2/c1-38-22(20-37)13-24-15-30-32(42-24)26-17-27-25(16-28(26)34(40-30)10-6-3-7-11-34)31-29(39-33(27)8-4-2-5-9-33)14-23(41-31)12-21(18-35)19-36/h12-17H,2-11H2/b22-13+. The number of benzene rings is 1. The Kier molecular flexibility index (Phi) is 6.44. The molecule has 206 valence electrons. The van der Waals surface area contributed by atoms with Crippen LogP contribution in [0.15, 0.2) is 35.5 Å². The number of allylic oxidation sites excluding steroid dienone is 2. The summed E-state index contributed by atoms with van der Waals surface area (Å²) in [6.45, 7) is 7.34. The fourth-order valence-corrected chi connectivity index (χ4v) is 9.27. The molecule has 2 aliphatic carbocycles. The molecule has 0 radical (unpaired) electrons. The molecule has 6 nitrogen and oxygen atoms in total. The topological polar surface area (TPSA) is 94.2 Å². The maximum absolute atomic E-state index is 9.37. The number of ether oxygens (including phenoxy) is 2. The van der Waals surface area contributed by atoms with Crippen LogP contribution in [0.4, 0.5) is 0 Å². The van der Waals surface area contributed by atoms with Crippen molar-refractivity contribution in [2.75, 3.05) is 0 Å². The van der Waals surface area contributed by atoms with E-state index in [1.807, 2.05) is 30.3 Å². The predicted octanol–water partition coefficient (Wildman–Crippen LogP) is 9.46. The third kappa shape index (κ3) is 4.15. The van der Waals surface area contributed by atoms with Gasteiger partial charge >= 0.3 is 0 Å².